The van der Waals surface area contributed by atoms with E-state index in [2.05, 4.69) is 15.3 Å². The summed E-state index contributed by atoms with van der Waals surface area (Å²) in [4.78, 5) is 28.2. The Hall–Kier alpha value is -3.38. The zero-order valence-electron chi connectivity index (χ0n) is 16.7. The van der Waals surface area contributed by atoms with Crippen LogP contribution in [0, 0.1) is 11.8 Å². The maximum Gasteiger partial charge on any atom is 0.453 e. The molecule has 164 valence electrons. The van der Waals surface area contributed by atoms with Gasteiger partial charge in [-0.15, -0.1) is 15.3 Å². The fourth-order valence-corrected chi connectivity index (χ4v) is 4.52. The van der Waals surface area contributed by atoms with Crippen LogP contribution in [0.2, 0.25) is 0 Å². The van der Waals surface area contributed by atoms with E-state index in [0.717, 1.165) is 9.08 Å². The summed E-state index contributed by atoms with van der Waals surface area (Å²) in [6, 6.07) is 4.58. The predicted octanol–water partition coefficient (Wildman–Crippen LogP) is 0.113. The summed E-state index contributed by atoms with van der Waals surface area (Å²) in [5, 5.41) is 10.9. The molecule has 13 heteroatoms. The molecule has 3 aromatic heterocycles. The normalized spacial score (nSPS) is 21.3. The highest BCUT2D eigenvalue weighted by Crippen LogP contribution is 2.35. The second-order valence-electron chi connectivity index (χ2n) is 8.05. The Kier molecular flexibility index (Phi) is 4.14. The Morgan fingerprint density at radius 1 is 0.935 bits per heavy atom. The number of halogens is 3. The molecule has 2 atom stereocenters. The molecule has 5 rings (SSSR count). The molecule has 0 N–H and O–H groups in total. The van der Waals surface area contributed by atoms with Crippen LogP contribution in [0.15, 0.2) is 27.8 Å². The van der Waals surface area contributed by atoms with Gasteiger partial charge in [0.15, 0.2) is 5.65 Å². The van der Waals surface area contributed by atoms with Crippen molar-refractivity contribution in [3.8, 4) is 0 Å². The van der Waals surface area contributed by atoms with Crippen molar-refractivity contribution in [1.82, 2.24) is 28.9 Å². The summed E-state index contributed by atoms with van der Waals surface area (Å²) in [5.74, 6) is 0.327. The second kappa shape index (κ2) is 6.56. The number of fused-ring (bicyclic) bond motifs is 2. The third-order valence-corrected chi connectivity index (χ3v) is 6.14. The van der Waals surface area contributed by atoms with Crippen molar-refractivity contribution in [3.05, 3.63) is 44.9 Å². The quantitative estimate of drug-likeness (QED) is 0.563. The summed E-state index contributed by atoms with van der Waals surface area (Å²) in [6.07, 6.45) is -4.64. The minimum absolute atomic E-state index is 0.0354. The standard InChI is InChI=1S/C18H19F3N8O2/c1-25-14(5-15(30)26(2)17(25)31)28-8-10-6-27(7-11(10)9-28)13-4-3-12-22-23-16(18(19,20)21)29(12)24-13/h3-5,10-11H,6-9H2,1-2H3. The van der Waals surface area contributed by atoms with Crippen LogP contribution >= 0.6 is 0 Å². The minimum Gasteiger partial charge on any atom is -0.357 e. The molecular formula is C18H19F3N8O2. The van der Waals surface area contributed by atoms with Crippen molar-refractivity contribution in [3.63, 3.8) is 0 Å². The van der Waals surface area contributed by atoms with Crippen LogP contribution in [-0.2, 0) is 20.3 Å². The summed E-state index contributed by atoms with van der Waals surface area (Å²) >= 11 is 0. The molecule has 3 aromatic rings. The molecule has 0 aromatic carbocycles. The fraction of sp³-hybridized carbons (Fsp3) is 0.500. The maximum atomic E-state index is 13.1. The summed E-state index contributed by atoms with van der Waals surface area (Å²) in [7, 11) is 3.07. The lowest BCUT2D eigenvalue weighted by molar-refractivity contribution is -0.146. The first-order valence-corrected chi connectivity index (χ1v) is 9.70. The van der Waals surface area contributed by atoms with E-state index in [1.54, 1.807) is 13.1 Å². The molecule has 2 fully saturated rings. The highest BCUT2D eigenvalue weighted by atomic mass is 19.4. The first-order valence-electron chi connectivity index (χ1n) is 9.70. The Labute approximate surface area is 173 Å². The lowest BCUT2D eigenvalue weighted by Crippen LogP contribution is -2.40. The van der Waals surface area contributed by atoms with Crippen LogP contribution in [0.5, 0.6) is 0 Å². The largest absolute Gasteiger partial charge is 0.453 e. The van der Waals surface area contributed by atoms with Gasteiger partial charge in [0.2, 0.25) is 0 Å². The third-order valence-electron chi connectivity index (χ3n) is 6.14. The molecule has 0 aliphatic carbocycles. The Morgan fingerprint density at radius 3 is 2.23 bits per heavy atom. The number of anilines is 2. The Balaban J connectivity index is 1.37. The van der Waals surface area contributed by atoms with Gasteiger partial charge in [0.05, 0.1) is 0 Å². The molecular weight excluding hydrogens is 417 g/mol. The van der Waals surface area contributed by atoms with Crippen LogP contribution in [0.3, 0.4) is 0 Å². The van der Waals surface area contributed by atoms with Crippen molar-refractivity contribution in [2.45, 2.75) is 6.18 Å². The summed E-state index contributed by atoms with van der Waals surface area (Å²) < 4.78 is 42.7. The zero-order valence-corrected chi connectivity index (χ0v) is 16.7. The number of nitrogens with zero attached hydrogens (tertiary/aromatic N) is 8. The van der Waals surface area contributed by atoms with Gasteiger partial charge in [-0.05, 0) is 12.1 Å². The van der Waals surface area contributed by atoms with Gasteiger partial charge in [-0.1, -0.05) is 0 Å². The first-order chi connectivity index (χ1) is 14.6. The SMILES string of the molecule is Cn1c(N2CC3CN(c4ccc5nnc(C(F)(F)F)n5n4)CC3C2)cc(=O)n(C)c1=O. The van der Waals surface area contributed by atoms with Crippen LogP contribution in [0.1, 0.15) is 5.82 Å². The maximum absolute atomic E-state index is 13.1. The summed E-state index contributed by atoms with van der Waals surface area (Å²) in [5.41, 5.74) is -0.704. The molecule has 2 saturated heterocycles. The molecule has 2 unspecified atom stereocenters. The Bertz CT molecular complexity index is 1280. The van der Waals surface area contributed by atoms with Crippen molar-refractivity contribution in [2.75, 3.05) is 36.0 Å². The van der Waals surface area contributed by atoms with Crippen LogP contribution in [0.25, 0.3) is 5.65 Å². The van der Waals surface area contributed by atoms with Gasteiger partial charge in [0.25, 0.3) is 11.4 Å². The highest BCUT2D eigenvalue weighted by Gasteiger charge is 2.42. The minimum atomic E-state index is -4.64. The van der Waals surface area contributed by atoms with Crippen molar-refractivity contribution in [2.24, 2.45) is 25.9 Å². The highest BCUT2D eigenvalue weighted by molar-refractivity contribution is 5.48. The van der Waals surface area contributed by atoms with Crippen LogP contribution in [-0.4, -0.2) is 55.1 Å². The zero-order chi connectivity index (χ0) is 22.1. The smallest absolute Gasteiger partial charge is 0.357 e. The lowest BCUT2D eigenvalue weighted by Gasteiger charge is -2.25. The molecule has 2 aliphatic heterocycles. The second-order valence-corrected chi connectivity index (χ2v) is 8.05. The molecule has 5 heterocycles. The van der Waals surface area contributed by atoms with Crippen LogP contribution < -0.4 is 21.0 Å². The molecule has 0 saturated carbocycles. The fourth-order valence-electron chi connectivity index (χ4n) is 4.52. The molecule has 0 radical (unpaired) electrons. The number of alkyl halides is 3. The number of rotatable bonds is 2. The van der Waals surface area contributed by atoms with Gasteiger partial charge in [-0.3, -0.25) is 13.9 Å². The monoisotopic (exact) mass is 436 g/mol. The van der Waals surface area contributed by atoms with Gasteiger partial charge < -0.3 is 9.80 Å². The van der Waals surface area contributed by atoms with E-state index in [0.29, 0.717) is 37.8 Å². The number of aromatic nitrogens is 6. The van der Waals surface area contributed by atoms with E-state index >= 15 is 0 Å². The van der Waals surface area contributed by atoms with Gasteiger partial charge in [0.1, 0.15) is 11.6 Å². The lowest BCUT2D eigenvalue weighted by atomic mass is 10.0. The molecule has 0 bridgehead atoms. The molecule has 2 aliphatic rings. The average molecular weight is 436 g/mol. The van der Waals surface area contributed by atoms with Gasteiger partial charge in [-0.2, -0.15) is 17.7 Å². The van der Waals surface area contributed by atoms with E-state index < -0.39 is 12.0 Å². The molecule has 0 amide bonds. The molecule has 10 nitrogen and oxygen atoms in total. The van der Waals surface area contributed by atoms with E-state index in [1.165, 1.54) is 23.7 Å². The summed E-state index contributed by atoms with van der Waals surface area (Å²) in [6.45, 7) is 2.51. The van der Waals surface area contributed by atoms with Gasteiger partial charge >= 0.3 is 11.9 Å². The Morgan fingerprint density at radius 2 is 1.58 bits per heavy atom. The van der Waals surface area contributed by atoms with Crippen molar-refractivity contribution in [1.29, 1.82) is 0 Å². The molecule has 31 heavy (non-hydrogen) atoms. The van der Waals surface area contributed by atoms with Crippen molar-refractivity contribution < 1.29 is 13.2 Å². The average Bonchev–Trinajstić information content (AvgIpc) is 3.40. The van der Waals surface area contributed by atoms with E-state index in [-0.39, 0.29) is 28.7 Å². The van der Waals surface area contributed by atoms with E-state index in [1.807, 2.05) is 9.80 Å². The number of hydrogen-bond donors (Lipinski definition) is 0. The van der Waals surface area contributed by atoms with Crippen LogP contribution in [0.4, 0.5) is 24.8 Å². The third kappa shape index (κ3) is 3.06. The van der Waals surface area contributed by atoms with E-state index in [9.17, 15) is 22.8 Å². The van der Waals surface area contributed by atoms with Gasteiger partial charge in [0, 0.05) is 58.2 Å². The van der Waals surface area contributed by atoms with Gasteiger partial charge in [-0.25, -0.2) is 4.79 Å². The number of hydrogen-bond acceptors (Lipinski definition) is 7. The topological polar surface area (TPSA) is 93.6 Å². The predicted molar refractivity (Wildman–Crippen MR) is 104 cm³/mol. The van der Waals surface area contributed by atoms with Crippen molar-refractivity contribution >= 4 is 17.3 Å². The molecule has 0 spiro atoms. The first kappa shape index (κ1) is 19.6. The van der Waals surface area contributed by atoms with E-state index in [4.69, 9.17) is 0 Å².